The fraction of sp³-hybridized carbons (Fsp3) is 0.513. The van der Waals surface area contributed by atoms with Crippen molar-refractivity contribution in [3.8, 4) is 0 Å². The van der Waals surface area contributed by atoms with Crippen LogP contribution in [0.25, 0.3) is 11.0 Å². The zero-order valence-electron chi connectivity index (χ0n) is 30.9. The maximum Gasteiger partial charge on any atom is 0.276 e. The van der Waals surface area contributed by atoms with Crippen molar-refractivity contribution in [3.05, 3.63) is 81.4 Å². The van der Waals surface area contributed by atoms with Crippen molar-refractivity contribution < 1.29 is 18.0 Å². The summed E-state index contributed by atoms with van der Waals surface area (Å²) >= 11 is 0. The van der Waals surface area contributed by atoms with E-state index in [0.29, 0.717) is 60.9 Å². The van der Waals surface area contributed by atoms with E-state index < -0.39 is 20.2 Å². The highest BCUT2D eigenvalue weighted by Crippen LogP contribution is 2.43. The number of piperidine rings is 1. The van der Waals surface area contributed by atoms with E-state index in [1.807, 2.05) is 12.1 Å². The van der Waals surface area contributed by atoms with Gasteiger partial charge in [-0.1, -0.05) is 57.9 Å². The molecule has 0 radical (unpaired) electrons. The summed E-state index contributed by atoms with van der Waals surface area (Å²) in [4.78, 5) is 41.8. The van der Waals surface area contributed by atoms with Gasteiger partial charge in [-0.2, -0.15) is 4.98 Å². The molecule has 0 atom stereocenters. The number of ketones is 1. The van der Waals surface area contributed by atoms with Crippen LogP contribution in [0.2, 0.25) is 18.1 Å². The fourth-order valence-corrected chi connectivity index (χ4v) is 8.07. The topological polar surface area (TPSA) is 102 Å². The minimum atomic E-state index is -2.92. The van der Waals surface area contributed by atoms with Crippen LogP contribution in [0.15, 0.2) is 53.6 Å². The summed E-state index contributed by atoms with van der Waals surface area (Å²) < 4.78 is 39.4. The number of Topliss-reactive ketones (excluding diaryl/α,β-unsaturated/α-hetero) is 1. The van der Waals surface area contributed by atoms with Crippen LogP contribution in [0.3, 0.4) is 0 Å². The van der Waals surface area contributed by atoms with E-state index in [1.165, 1.54) is 6.92 Å². The van der Waals surface area contributed by atoms with Gasteiger partial charge >= 0.3 is 0 Å². The van der Waals surface area contributed by atoms with Crippen molar-refractivity contribution in [1.82, 2.24) is 19.5 Å². The Morgan fingerprint density at radius 3 is 2.24 bits per heavy atom. The van der Waals surface area contributed by atoms with Crippen LogP contribution in [0.1, 0.15) is 99.3 Å². The number of anilines is 3. The molecule has 0 unspecified atom stereocenters. The fourth-order valence-electron chi connectivity index (χ4n) is 7.11. The zero-order chi connectivity index (χ0) is 36.7. The molecule has 0 spiro atoms. The number of benzene rings is 1. The first-order chi connectivity index (χ1) is 24.1. The maximum absolute atomic E-state index is 15.7. The number of aryl methyl sites for hydroxylation is 1. The molecule has 0 bridgehead atoms. The van der Waals surface area contributed by atoms with Gasteiger partial charge in [0.25, 0.3) is 11.5 Å². The van der Waals surface area contributed by atoms with Gasteiger partial charge in [0.15, 0.2) is 14.1 Å². The third kappa shape index (κ3) is 7.48. The number of fused-ring (bicyclic) bond motifs is 1. The molecular weight excluding hydrogens is 667 g/mol. The van der Waals surface area contributed by atoms with E-state index in [9.17, 15) is 9.59 Å². The zero-order valence-corrected chi connectivity index (χ0v) is 31.9. The molecule has 1 N–H and O–H groups in total. The largest absolute Gasteiger partial charge is 0.413 e. The summed E-state index contributed by atoms with van der Waals surface area (Å²) in [5.41, 5.74) is 2.82. The van der Waals surface area contributed by atoms with Gasteiger partial charge in [-0.25, -0.2) is 18.7 Å². The summed E-state index contributed by atoms with van der Waals surface area (Å²) in [5, 5.41) is 3.92. The first-order valence-corrected chi connectivity index (χ1v) is 21.0. The smallest absolute Gasteiger partial charge is 0.276 e. The number of nitrogens with zero attached hydrogens (tertiary/aromatic N) is 5. The van der Waals surface area contributed by atoms with Crippen molar-refractivity contribution in [2.45, 2.75) is 110 Å². The quantitative estimate of drug-likeness (QED) is 0.128. The summed E-state index contributed by atoms with van der Waals surface area (Å²) in [6, 6.07) is 10.4. The maximum atomic E-state index is 15.7. The van der Waals surface area contributed by atoms with Gasteiger partial charge in [-0.3, -0.25) is 14.2 Å². The molecule has 6 rings (SSSR count). The Balaban J connectivity index is 1.10. The molecule has 0 amide bonds. The highest BCUT2D eigenvalue weighted by Gasteiger charge is 2.43. The van der Waals surface area contributed by atoms with E-state index >= 15 is 8.78 Å². The lowest BCUT2D eigenvalue weighted by molar-refractivity contribution is -0.0734. The van der Waals surface area contributed by atoms with E-state index in [4.69, 9.17) is 9.41 Å². The first-order valence-electron chi connectivity index (χ1n) is 18.1. The number of pyridine rings is 2. The molecule has 1 aliphatic carbocycles. The lowest BCUT2D eigenvalue weighted by Crippen LogP contribution is -2.40. The van der Waals surface area contributed by atoms with Crippen molar-refractivity contribution in [3.63, 3.8) is 0 Å². The molecule has 1 aliphatic heterocycles. The van der Waals surface area contributed by atoms with E-state index in [-0.39, 0.29) is 33.5 Å². The number of halogens is 2. The number of nitrogens with one attached hydrogen (secondary N) is 1. The Bertz CT molecular complexity index is 1940. The van der Waals surface area contributed by atoms with E-state index in [0.717, 1.165) is 36.9 Å². The summed E-state index contributed by atoms with van der Waals surface area (Å²) in [6.07, 6.45) is 7.88. The number of aromatic nitrogens is 4. The summed E-state index contributed by atoms with van der Waals surface area (Å²) in [7, 11) is -1.93. The van der Waals surface area contributed by atoms with Crippen LogP contribution in [-0.2, 0) is 17.0 Å². The van der Waals surface area contributed by atoms with Gasteiger partial charge in [0.2, 0.25) is 5.95 Å². The van der Waals surface area contributed by atoms with Gasteiger partial charge < -0.3 is 14.6 Å². The number of rotatable bonds is 10. The Morgan fingerprint density at radius 2 is 1.65 bits per heavy atom. The van der Waals surface area contributed by atoms with Gasteiger partial charge in [-0.05, 0) is 80.9 Å². The first kappa shape index (κ1) is 36.7. The summed E-state index contributed by atoms with van der Waals surface area (Å²) in [5.74, 6) is -3.12. The molecule has 1 aromatic carbocycles. The SMILES string of the molecule is CC(=O)c1c(C)c2cnc(Nc3ccc(N4CCC(C(F)(F)c5ccc(CO[Si](C)(C)C(C)(C)C)cc5)CC4)cn3)nc2n(C2CCCC2)c1=O. The molecule has 4 aromatic rings. The standard InChI is InChI=1S/C39H50F2N6O3Si/c1-25-32-23-43-37(45-35(32)47(30-10-8-9-11-30)36(49)34(25)26(2)48)44-33-17-16-31(22-42-33)46-20-18-29(19-21-46)39(40,41)28-14-12-27(13-15-28)24-50-51(6,7)38(3,4)5/h12-17,22-23,29-30H,8-11,18-21,24H2,1-7H3,(H,42,43,44,45). The average Bonchev–Trinajstić information content (AvgIpc) is 3.62. The Hall–Kier alpha value is -4.03. The second-order valence-corrected chi connectivity index (χ2v) is 20.6. The van der Waals surface area contributed by atoms with Crippen molar-refractivity contribution in [2.75, 3.05) is 23.3 Å². The normalized spacial score (nSPS) is 16.6. The molecule has 3 aromatic heterocycles. The minimum absolute atomic E-state index is 0.0130. The number of carbonyl (C=O) groups excluding carboxylic acids is 1. The number of carbonyl (C=O) groups is 1. The van der Waals surface area contributed by atoms with Crippen LogP contribution >= 0.6 is 0 Å². The van der Waals surface area contributed by atoms with Crippen LogP contribution in [0, 0.1) is 12.8 Å². The molecule has 2 aliphatic rings. The molecule has 9 nitrogen and oxygen atoms in total. The average molecular weight is 717 g/mol. The van der Waals surface area contributed by atoms with Crippen molar-refractivity contribution >= 4 is 42.6 Å². The Morgan fingerprint density at radius 1 is 0.980 bits per heavy atom. The Kier molecular flexibility index (Phi) is 10.2. The highest BCUT2D eigenvalue weighted by molar-refractivity contribution is 6.74. The van der Waals surface area contributed by atoms with Crippen LogP contribution in [0.5, 0.6) is 0 Å². The van der Waals surface area contributed by atoms with Crippen LogP contribution in [0.4, 0.5) is 26.2 Å². The molecule has 272 valence electrons. The molecule has 51 heavy (non-hydrogen) atoms. The van der Waals surface area contributed by atoms with Gasteiger partial charge in [0.1, 0.15) is 11.5 Å². The van der Waals surface area contributed by atoms with Crippen molar-refractivity contribution in [1.29, 1.82) is 0 Å². The van der Waals surface area contributed by atoms with Gasteiger partial charge in [0.05, 0.1) is 24.1 Å². The summed E-state index contributed by atoms with van der Waals surface area (Å²) in [6.45, 7) is 15.6. The van der Waals surface area contributed by atoms with Gasteiger partial charge in [-0.15, -0.1) is 0 Å². The number of hydrogen-bond acceptors (Lipinski definition) is 8. The van der Waals surface area contributed by atoms with Crippen LogP contribution < -0.4 is 15.8 Å². The predicted molar refractivity (Wildman–Crippen MR) is 201 cm³/mol. The van der Waals surface area contributed by atoms with E-state index in [2.05, 4.69) is 54.0 Å². The highest BCUT2D eigenvalue weighted by atomic mass is 28.4. The van der Waals surface area contributed by atoms with E-state index in [1.54, 1.807) is 48.1 Å². The second-order valence-electron chi connectivity index (χ2n) is 15.8. The molecular formula is C39H50F2N6O3Si. The molecule has 4 heterocycles. The predicted octanol–water partition coefficient (Wildman–Crippen LogP) is 9.09. The molecule has 1 saturated heterocycles. The Labute approximate surface area is 300 Å². The molecule has 1 saturated carbocycles. The second kappa shape index (κ2) is 14.2. The molecule has 2 fully saturated rings. The third-order valence-corrected chi connectivity index (χ3v) is 15.8. The lowest BCUT2D eigenvalue weighted by Gasteiger charge is -2.37. The van der Waals surface area contributed by atoms with Crippen molar-refractivity contribution in [2.24, 2.45) is 5.92 Å². The van der Waals surface area contributed by atoms with Gasteiger partial charge in [0, 0.05) is 42.2 Å². The van der Waals surface area contributed by atoms with Crippen LogP contribution in [-0.4, -0.2) is 46.7 Å². The molecule has 12 heteroatoms. The number of alkyl halides is 2. The lowest BCUT2D eigenvalue weighted by atomic mass is 9.86. The number of hydrogen-bond donors (Lipinski definition) is 1. The monoisotopic (exact) mass is 716 g/mol. The third-order valence-electron chi connectivity index (χ3n) is 11.4. The minimum Gasteiger partial charge on any atom is -0.413 e.